The molecular weight excluding hydrogens is 252 g/mol. The zero-order chi connectivity index (χ0) is 13.3. The highest BCUT2D eigenvalue weighted by Crippen LogP contribution is 2.18. The Kier molecular flexibility index (Phi) is 3.74. The van der Waals surface area contributed by atoms with Gasteiger partial charge in [0.15, 0.2) is 5.03 Å². The van der Waals surface area contributed by atoms with E-state index in [1.165, 1.54) is 4.31 Å². The first-order valence-corrected chi connectivity index (χ1v) is 7.67. The van der Waals surface area contributed by atoms with Crippen molar-refractivity contribution >= 4 is 10.0 Å². The topological polar surface area (TPSA) is 67.2 Å². The quantitative estimate of drug-likeness (QED) is 0.853. The Balaban J connectivity index is 2.34. The Morgan fingerprint density at radius 2 is 2.28 bits per heavy atom. The largest absolute Gasteiger partial charge is 0.334 e. The summed E-state index contributed by atoms with van der Waals surface area (Å²) in [6, 6.07) is -0.0316. The predicted molar refractivity (Wildman–Crippen MR) is 68.9 cm³/mol. The molecule has 2 rings (SSSR count). The maximum absolute atomic E-state index is 12.5. The molecule has 1 atom stereocenters. The summed E-state index contributed by atoms with van der Waals surface area (Å²) in [5, 5.41) is 3.35. The molecule has 7 heteroatoms. The smallest absolute Gasteiger partial charge is 0.262 e. The van der Waals surface area contributed by atoms with E-state index in [1.807, 2.05) is 25.3 Å². The highest BCUT2D eigenvalue weighted by molar-refractivity contribution is 7.89. The second-order valence-corrected chi connectivity index (χ2v) is 6.42. The van der Waals surface area contributed by atoms with Gasteiger partial charge < -0.3 is 9.88 Å². The zero-order valence-electron chi connectivity index (χ0n) is 11.0. The Morgan fingerprint density at radius 3 is 2.83 bits per heavy atom. The van der Waals surface area contributed by atoms with Crippen LogP contribution in [0.25, 0.3) is 0 Å². The van der Waals surface area contributed by atoms with Crippen molar-refractivity contribution in [2.75, 3.05) is 19.6 Å². The van der Waals surface area contributed by atoms with E-state index in [1.54, 1.807) is 6.20 Å². The first kappa shape index (κ1) is 13.5. The van der Waals surface area contributed by atoms with Gasteiger partial charge in [-0.3, -0.25) is 0 Å². The molecule has 6 nitrogen and oxygen atoms in total. The monoisotopic (exact) mass is 272 g/mol. The van der Waals surface area contributed by atoms with Gasteiger partial charge in [-0.1, -0.05) is 0 Å². The third kappa shape index (κ3) is 2.30. The molecule has 2 heterocycles. The van der Waals surface area contributed by atoms with Crippen LogP contribution in [0.1, 0.15) is 19.7 Å². The molecule has 0 saturated carbocycles. The first-order valence-electron chi connectivity index (χ1n) is 6.23. The van der Waals surface area contributed by atoms with Crippen LogP contribution in [0.3, 0.4) is 0 Å². The van der Waals surface area contributed by atoms with Gasteiger partial charge in [-0.2, -0.15) is 4.31 Å². The number of hydrogen-bond donors (Lipinski definition) is 1. The molecular formula is C11H20N4O2S. The number of aromatic nitrogens is 2. The molecule has 1 N–H and O–H groups in total. The molecule has 1 saturated heterocycles. The second-order valence-electron chi connectivity index (χ2n) is 4.58. The second kappa shape index (κ2) is 4.99. The van der Waals surface area contributed by atoms with Gasteiger partial charge in [0.1, 0.15) is 5.82 Å². The minimum atomic E-state index is -3.46. The Bertz CT molecular complexity index is 523. The number of piperazine rings is 1. The summed E-state index contributed by atoms with van der Waals surface area (Å²) in [5.41, 5.74) is 0. The Labute approximate surface area is 108 Å². The molecule has 0 radical (unpaired) electrons. The summed E-state index contributed by atoms with van der Waals surface area (Å²) in [5.74, 6) is 0.735. The number of sulfonamides is 1. The maximum atomic E-state index is 12.5. The summed E-state index contributed by atoms with van der Waals surface area (Å²) in [7, 11) is -3.46. The van der Waals surface area contributed by atoms with Gasteiger partial charge in [-0.15, -0.1) is 0 Å². The van der Waals surface area contributed by atoms with E-state index in [0.717, 1.165) is 12.4 Å². The molecule has 1 aliphatic heterocycles. The fourth-order valence-corrected chi connectivity index (χ4v) is 3.85. The van der Waals surface area contributed by atoms with E-state index in [4.69, 9.17) is 0 Å². The van der Waals surface area contributed by atoms with Crippen LogP contribution < -0.4 is 5.32 Å². The van der Waals surface area contributed by atoms with Gasteiger partial charge in [-0.25, -0.2) is 13.4 Å². The molecule has 1 aromatic rings. The van der Waals surface area contributed by atoms with Crippen LogP contribution in [-0.4, -0.2) is 48.0 Å². The van der Waals surface area contributed by atoms with Gasteiger partial charge in [-0.05, 0) is 20.8 Å². The number of hydrogen-bond acceptors (Lipinski definition) is 4. The lowest BCUT2D eigenvalue weighted by atomic mass is 10.3. The van der Waals surface area contributed by atoms with Crippen molar-refractivity contribution in [2.24, 2.45) is 0 Å². The molecule has 1 aromatic heterocycles. The first-order chi connectivity index (χ1) is 8.46. The van der Waals surface area contributed by atoms with Crippen molar-refractivity contribution in [3.8, 4) is 0 Å². The molecule has 1 fully saturated rings. The van der Waals surface area contributed by atoms with Crippen LogP contribution in [-0.2, 0) is 16.6 Å². The Morgan fingerprint density at radius 1 is 1.56 bits per heavy atom. The lowest BCUT2D eigenvalue weighted by molar-refractivity contribution is 0.283. The van der Waals surface area contributed by atoms with Crippen LogP contribution >= 0.6 is 0 Å². The van der Waals surface area contributed by atoms with Crippen LogP contribution in [0.15, 0.2) is 11.2 Å². The third-order valence-electron chi connectivity index (χ3n) is 3.31. The number of nitrogens with one attached hydrogen (secondary N) is 1. The van der Waals surface area contributed by atoms with Gasteiger partial charge in [0, 0.05) is 38.4 Å². The molecule has 0 aliphatic carbocycles. The van der Waals surface area contributed by atoms with Gasteiger partial charge in [0.05, 0.1) is 0 Å². The standard InChI is InChI=1S/C11H20N4O2S/c1-4-14-8-11(13-10(14)3)18(16,17)15-6-5-12-7-9(15)2/h8-9,12H,4-7H2,1-3H3. The van der Waals surface area contributed by atoms with Crippen molar-refractivity contribution in [3.05, 3.63) is 12.0 Å². The van der Waals surface area contributed by atoms with Crippen molar-refractivity contribution in [3.63, 3.8) is 0 Å². The predicted octanol–water partition coefficient (Wildman–Crippen LogP) is 0.194. The Hall–Kier alpha value is -0.920. The van der Waals surface area contributed by atoms with E-state index in [9.17, 15) is 8.42 Å². The molecule has 1 unspecified atom stereocenters. The molecule has 18 heavy (non-hydrogen) atoms. The number of nitrogens with zero attached hydrogens (tertiary/aromatic N) is 3. The number of imidazole rings is 1. The molecule has 0 spiro atoms. The lowest BCUT2D eigenvalue weighted by Crippen LogP contribution is -2.52. The summed E-state index contributed by atoms with van der Waals surface area (Å²) in [6.45, 7) is 8.31. The molecule has 0 aromatic carbocycles. The van der Waals surface area contributed by atoms with Gasteiger partial charge >= 0.3 is 0 Å². The van der Waals surface area contributed by atoms with Crippen molar-refractivity contribution in [1.82, 2.24) is 19.2 Å². The van der Waals surface area contributed by atoms with Crippen LogP contribution in [0.4, 0.5) is 0 Å². The zero-order valence-corrected chi connectivity index (χ0v) is 11.9. The van der Waals surface area contributed by atoms with E-state index >= 15 is 0 Å². The fraction of sp³-hybridized carbons (Fsp3) is 0.727. The fourth-order valence-electron chi connectivity index (χ4n) is 2.22. The van der Waals surface area contributed by atoms with Gasteiger partial charge in [0.2, 0.25) is 0 Å². The normalized spacial score (nSPS) is 22.3. The van der Waals surface area contributed by atoms with E-state index < -0.39 is 10.0 Å². The highest BCUT2D eigenvalue weighted by Gasteiger charge is 2.32. The summed E-state index contributed by atoms with van der Waals surface area (Å²) in [6.07, 6.45) is 1.62. The van der Waals surface area contributed by atoms with E-state index in [2.05, 4.69) is 10.3 Å². The number of rotatable bonds is 3. The maximum Gasteiger partial charge on any atom is 0.262 e. The highest BCUT2D eigenvalue weighted by atomic mass is 32.2. The summed E-state index contributed by atoms with van der Waals surface area (Å²) >= 11 is 0. The molecule has 1 aliphatic rings. The van der Waals surface area contributed by atoms with E-state index in [-0.39, 0.29) is 11.1 Å². The SMILES string of the molecule is CCn1cc(S(=O)(=O)N2CCNCC2C)nc1C. The van der Waals surface area contributed by atoms with Crippen LogP contribution in [0, 0.1) is 6.92 Å². The van der Waals surface area contributed by atoms with Crippen LogP contribution in [0.5, 0.6) is 0 Å². The minimum absolute atomic E-state index is 0.0316. The summed E-state index contributed by atoms with van der Waals surface area (Å²) in [4.78, 5) is 4.18. The lowest BCUT2D eigenvalue weighted by Gasteiger charge is -2.32. The molecule has 0 bridgehead atoms. The molecule has 102 valence electrons. The van der Waals surface area contributed by atoms with Crippen molar-refractivity contribution < 1.29 is 8.42 Å². The van der Waals surface area contributed by atoms with E-state index in [0.29, 0.717) is 19.6 Å². The van der Waals surface area contributed by atoms with Gasteiger partial charge in [0.25, 0.3) is 10.0 Å². The van der Waals surface area contributed by atoms with Crippen molar-refractivity contribution in [1.29, 1.82) is 0 Å². The summed E-state index contributed by atoms with van der Waals surface area (Å²) < 4.78 is 28.4. The average Bonchev–Trinajstić information content (AvgIpc) is 2.71. The van der Waals surface area contributed by atoms with Crippen LogP contribution in [0.2, 0.25) is 0 Å². The minimum Gasteiger partial charge on any atom is -0.334 e. The number of aryl methyl sites for hydroxylation is 2. The molecule has 0 amide bonds. The third-order valence-corrected chi connectivity index (χ3v) is 5.19. The van der Waals surface area contributed by atoms with Crippen molar-refractivity contribution in [2.45, 2.75) is 38.4 Å². The average molecular weight is 272 g/mol.